The topological polar surface area (TPSA) is 17.1 Å². The molecule has 0 amide bonds. The van der Waals surface area contributed by atoms with Gasteiger partial charge in [-0.25, -0.2) is 0 Å². The van der Waals surface area contributed by atoms with Crippen molar-refractivity contribution in [3.8, 4) is 0 Å². The fourth-order valence-corrected chi connectivity index (χ4v) is 4.89. The molecule has 0 spiro atoms. The van der Waals surface area contributed by atoms with E-state index in [1.807, 2.05) is 12.8 Å². The molecule has 0 aromatic rings. The van der Waals surface area contributed by atoms with Crippen molar-refractivity contribution in [2.75, 3.05) is 0 Å². The standard InChI is InChI=1S/C9H13OSi.C8H13Si.Fe/c1-11(2,3)9-6-4-5-8(9)7-10;1-9(2,3)8-6-4-5-7-8;/h4-7H,1-3H3;4-7H,1-3H3;/q;;+2. The first kappa shape index (κ1) is 21.6. The Morgan fingerprint density at radius 3 is 1.57 bits per heavy atom. The van der Waals surface area contributed by atoms with E-state index in [1.165, 1.54) is 5.54 Å². The summed E-state index contributed by atoms with van der Waals surface area (Å²) in [5.74, 6) is 0.879. The van der Waals surface area contributed by atoms with Crippen molar-refractivity contribution in [3.63, 3.8) is 0 Å². The van der Waals surface area contributed by atoms with Crippen LogP contribution in [-0.4, -0.2) is 22.4 Å². The summed E-state index contributed by atoms with van der Waals surface area (Å²) in [5, 5.41) is 0. The minimum atomic E-state index is -1.28. The second kappa shape index (κ2) is 9.05. The van der Waals surface area contributed by atoms with Gasteiger partial charge in [0, 0.05) is 5.92 Å². The summed E-state index contributed by atoms with van der Waals surface area (Å²) in [6, 6.07) is 0. The van der Waals surface area contributed by atoms with Crippen molar-refractivity contribution in [1.82, 2.24) is 0 Å². The molecular weight excluding hydrogens is 332 g/mol. The van der Waals surface area contributed by atoms with E-state index in [0.717, 1.165) is 12.2 Å². The first-order valence-electron chi connectivity index (χ1n) is 7.10. The molecule has 2 rings (SSSR count). The normalized spacial score (nSPS) is 21.6. The molecule has 2 aliphatic rings. The molecule has 0 atom stereocenters. The number of aldehydes is 1. The average Bonchev–Trinajstić information content (AvgIpc) is 2.99. The van der Waals surface area contributed by atoms with Gasteiger partial charge in [0.25, 0.3) is 0 Å². The summed E-state index contributed by atoms with van der Waals surface area (Å²) in [6.45, 7) is 13.8. The van der Waals surface area contributed by atoms with Crippen molar-refractivity contribution in [3.05, 3.63) is 61.9 Å². The first-order valence-corrected chi connectivity index (χ1v) is 14.1. The number of rotatable bonds is 3. The zero-order chi connectivity index (χ0) is 15.4. The zero-order valence-electron chi connectivity index (χ0n) is 13.9. The molecule has 0 aromatic heterocycles. The maximum atomic E-state index is 10.6. The molecule has 1 nitrogen and oxygen atoms in total. The fraction of sp³-hybridized carbons (Fsp3) is 0.353. The van der Waals surface area contributed by atoms with E-state index >= 15 is 0 Å². The molecule has 114 valence electrons. The molecule has 0 aromatic carbocycles. The molecule has 0 unspecified atom stereocenters. The molecule has 4 heteroatoms. The summed E-state index contributed by atoms with van der Waals surface area (Å²) in [7, 11) is -2.26. The molecule has 2 aliphatic carbocycles. The van der Waals surface area contributed by atoms with E-state index < -0.39 is 16.1 Å². The van der Waals surface area contributed by atoms with E-state index in [0.29, 0.717) is 0 Å². The SMILES string of the molecule is C[Si](C)(C)[C]1[CH][CH][CH][CH]1.C[Si](C)(C)[C]1[CH][CH][CH][C]1C=O.[Fe+2]. The molecule has 0 heterocycles. The van der Waals surface area contributed by atoms with Gasteiger partial charge in [0.1, 0.15) is 6.29 Å². The maximum Gasteiger partial charge on any atom is 2.00 e. The Hall–Kier alpha value is 0.623. The van der Waals surface area contributed by atoms with Crippen LogP contribution in [0.1, 0.15) is 0 Å². The van der Waals surface area contributed by atoms with Crippen LogP contribution in [0.5, 0.6) is 0 Å². The number of hydrogen-bond acceptors (Lipinski definition) is 1. The van der Waals surface area contributed by atoms with Crippen LogP contribution in [-0.2, 0) is 21.9 Å². The second-order valence-corrected chi connectivity index (χ2v) is 17.3. The maximum absolute atomic E-state index is 10.6. The van der Waals surface area contributed by atoms with E-state index in [1.54, 1.807) is 5.54 Å². The Morgan fingerprint density at radius 1 is 0.762 bits per heavy atom. The van der Waals surface area contributed by atoms with Crippen LogP contribution in [0.3, 0.4) is 0 Å². The fourth-order valence-electron chi connectivity index (χ4n) is 2.09. The number of carbonyl (C=O) groups is 1. The quantitative estimate of drug-likeness (QED) is 0.548. The minimum absolute atomic E-state index is 0. The Morgan fingerprint density at radius 2 is 1.29 bits per heavy atom. The van der Waals surface area contributed by atoms with Gasteiger partial charge in [0.15, 0.2) is 0 Å². The van der Waals surface area contributed by atoms with Crippen LogP contribution >= 0.6 is 0 Å². The average molecular weight is 358 g/mol. The van der Waals surface area contributed by atoms with Gasteiger partial charge in [0.2, 0.25) is 0 Å². The zero-order valence-corrected chi connectivity index (χ0v) is 17.0. The molecule has 0 N–H and O–H groups in total. The van der Waals surface area contributed by atoms with Gasteiger partial charge in [-0.15, -0.1) is 0 Å². The molecule has 21 heavy (non-hydrogen) atoms. The van der Waals surface area contributed by atoms with Crippen molar-refractivity contribution >= 4 is 22.4 Å². The Bertz CT molecular complexity index is 301. The van der Waals surface area contributed by atoms with E-state index in [-0.39, 0.29) is 17.1 Å². The number of hydrogen-bond donors (Lipinski definition) is 0. The predicted molar refractivity (Wildman–Crippen MR) is 92.6 cm³/mol. The minimum Gasteiger partial charge on any atom is -0.303 e. The van der Waals surface area contributed by atoms with Gasteiger partial charge in [-0.3, -0.25) is 0 Å². The van der Waals surface area contributed by atoms with Crippen LogP contribution in [0, 0.1) is 61.9 Å². The molecule has 2 fully saturated rings. The predicted octanol–water partition coefficient (Wildman–Crippen LogP) is 4.10. The van der Waals surface area contributed by atoms with Crippen molar-refractivity contribution in [2.45, 2.75) is 39.3 Å². The van der Waals surface area contributed by atoms with Gasteiger partial charge in [-0.05, 0) is 56.0 Å². The summed E-state index contributed by atoms with van der Waals surface area (Å²) in [6.07, 6.45) is 15.6. The summed E-state index contributed by atoms with van der Waals surface area (Å²) in [5.41, 5.74) is 2.83. The van der Waals surface area contributed by atoms with Gasteiger partial charge in [0.05, 0.1) is 16.1 Å². The third-order valence-corrected chi connectivity index (χ3v) is 7.45. The third-order valence-electron chi connectivity index (χ3n) is 3.31. The van der Waals surface area contributed by atoms with E-state index in [2.05, 4.69) is 71.4 Å². The van der Waals surface area contributed by atoms with Crippen molar-refractivity contribution < 1.29 is 21.9 Å². The van der Waals surface area contributed by atoms with Crippen molar-refractivity contribution in [2.24, 2.45) is 0 Å². The molecule has 0 aliphatic heterocycles. The van der Waals surface area contributed by atoms with Gasteiger partial charge in [-0.2, -0.15) is 0 Å². The van der Waals surface area contributed by atoms with Crippen LogP contribution in [0.15, 0.2) is 0 Å². The van der Waals surface area contributed by atoms with Crippen molar-refractivity contribution in [1.29, 1.82) is 0 Å². The van der Waals surface area contributed by atoms with Gasteiger partial charge in [-0.1, -0.05) is 39.3 Å². The van der Waals surface area contributed by atoms with E-state index in [4.69, 9.17) is 0 Å². The second-order valence-electron chi connectivity index (χ2n) is 7.19. The summed E-state index contributed by atoms with van der Waals surface area (Å²) in [4.78, 5) is 10.6. The smallest absolute Gasteiger partial charge is 0.303 e. The monoisotopic (exact) mass is 358 g/mol. The largest absolute Gasteiger partial charge is 2.00 e. The first-order chi connectivity index (χ1) is 9.16. The Kier molecular flexibility index (Phi) is 9.32. The summed E-state index contributed by atoms with van der Waals surface area (Å²) >= 11 is 0. The van der Waals surface area contributed by atoms with Crippen LogP contribution in [0.2, 0.25) is 39.3 Å². The third kappa shape index (κ3) is 7.15. The summed E-state index contributed by atoms with van der Waals surface area (Å²) < 4.78 is 0. The van der Waals surface area contributed by atoms with Crippen LogP contribution < -0.4 is 0 Å². The molecule has 2 saturated carbocycles. The number of carbonyl (C=O) groups excluding carboxylic acids is 1. The van der Waals surface area contributed by atoms with Gasteiger partial charge >= 0.3 is 17.1 Å². The van der Waals surface area contributed by atoms with E-state index in [9.17, 15) is 4.79 Å². The Balaban J connectivity index is 0.000000370. The molecule has 0 bridgehead atoms. The molecular formula is C17H26FeOSi2+2. The molecule has 0 saturated heterocycles. The van der Waals surface area contributed by atoms with Crippen LogP contribution in [0.25, 0.3) is 0 Å². The van der Waals surface area contributed by atoms with Crippen LogP contribution in [0.4, 0.5) is 0 Å². The Labute approximate surface area is 145 Å². The van der Waals surface area contributed by atoms with Gasteiger partial charge < -0.3 is 4.79 Å². The molecule has 10 radical (unpaired) electrons.